The first-order valence-electron chi connectivity index (χ1n) is 8.18. The Morgan fingerprint density at radius 3 is 2.44 bits per heavy atom. The van der Waals surface area contributed by atoms with Crippen LogP contribution in [0.4, 0.5) is 13.2 Å². The van der Waals surface area contributed by atoms with Gasteiger partial charge in [0.05, 0.1) is 23.0 Å². The van der Waals surface area contributed by atoms with Crippen LogP contribution in [0.25, 0.3) is 5.82 Å². The van der Waals surface area contributed by atoms with Crippen LogP contribution < -0.4 is 5.32 Å². The van der Waals surface area contributed by atoms with E-state index >= 15 is 0 Å². The summed E-state index contributed by atoms with van der Waals surface area (Å²) in [6.45, 7) is 4.95. The Morgan fingerprint density at radius 2 is 1.96 bits per heavy atom. The molecule has 0 saturated carbocycles. The van der Waals surface area contributed by atoms with Crippen LogP contribution in [0.2, 0.25) is 0 Å². The molecule has 0 atom stereocenters. The number of likely N-dealkylation sites (N-methyl/N-ethyl adjacent to an activating group) is 2. The van der Waals surface area contributed by atoms with Crippen molar-refractivity contribution in [3.63, 3.8) is 0 Å². The van der Waals surface area contributed by atoms with Crippen LogP contribution in [0.5, 0.6) is 0 Å². The van der Waals surface area contributed by atoms with Gasteiger partial charge in [-0.1, -0.05) is 13.8 Å². The molecular weight excluding hydrogens is 383 g/mol. The molecule has 0 aliphatic heterocycles. The van der Waals surface area contributed by atoms with Crippen molar-refractivity contribution >= 4 is 18.3 Å². The maximum atomic E-state index is 12.7. The molecule has 0 spiro atoms. The number of carbonyl (C=O) groups is 1. The van der Waals surface area contributed by atoms with Gasteiger partial charge >= 0.3 is 6.18 Å². The monoisotopic (exact) mass is 405 g/mol. The van der Waals surface area contributed by atoms with Crippen LogP contribution in [0, 0.1) is 0 Å². The second kappa shape index (κ2) is 9.18. The number of hydrogen-bond acceptors (Lipinski definition) is 4. The van der Waals surface area contributed by atoms with E-state index in [0.29, 0.717) is 24.3 Å². The molecule has 2 heterocycles. The Labute approximate surface area is 162 Å². The number of nitrogens with one attached hydrogen (secondary N) is 1. The number of rotatable bonds is 6. The van der Waals surface area contributed by atoms with Crippen molar-refractivity contribution in [3.05, 3.63) is 41.3 Å². The Balaban J connectivity index is 0.00000364. The quantitative estimate of drug-likeness (QED) is 0.802. The Bertz CT molecular complexity index is 759. The van der Waals surface area contributed by atoms with E-state index in [1.165, 1.54) is 16.9 Å². The van der Waals surface area contributed by atoms with E-state index in [0.717, 1.165) is 12.3 Å². The molecule has 10 heteroatoms. The lowest BCUT2D eigenvalue weighted by molar-refractivity contribution is -0.137. The minimum atomic E-state index is -4.45. The summed E-state index contributed by atoms with van der Waals surface area (Å²) in [5.74, 6) is -0.0287. The smallest absolute Gasteiger partial charge is 0.340 e. The summed E-state index contributed by atoms with van der Waals surface area (Å²) in [5.41, 5.74) is 0.196. The van der Waals surface area contributed by atoms with Crippen LogP contribution in [-0.2, 0) is 6.18 Å². The number of pyridine rings is 1. The highest BCUT2D eigenvalue weighted by molar-refractivity contribution is 5.95. The van der Waals surface area contributed by atoms with E-state index in [1.807, 2.05) is 13.8 Å². The van der Waals surface area contributed by atoms with Gasteiger partial charge in [0.2, 0.25) is 0 Å². The topological polar surface area (TPSA) is 63.1 Å². The number of hydrogen-bond donors (Lipinski definition) is 1. The number of nitrogens with zero attached hydrogens (tertiary/aromatic N) is 4. The van der Waals surface area contributed by atoms with Gasteiger partial charge in [-0.25, -0.2) is 9.67 Å². The van der Waals surface area contributed by atoms with Gasteiger partial charge in [-0.2, -0.15) is 18.3 Å². The number of carbonyl (C=O) groups excluding carboxylic acids is 1. The molecule has 0 radical (unpaired) electrons. The molecule has 0 bridgehead atoms. The number of alkyl halides is 3. The SMILES string of the molecule is CNCCN(C)C(=O)c1cnn(-c2ccc(C(F)(F)F)cn2)c1C(C)C.Cl. The molecule has 2 rings (SSSR count). The Hall–Kier alpha value is -2.13. The summed E-state index contributed by atoms with van der Waals surface area (Å²) in [4.78, 5) is 18.1. The van der Waals surface area contributed by atoms with Gasteiger partial charge in [0.15, 0.2) is 5.82 Å². The molecule has 2 aromatic rings. The summed E-state index contributed by atoms with van der Waals surface area (Å²) >= 11 is 0. The summed E-state index contributed by atoms with van der Waals surface area (Å²) < 4.78 is 39.6. The number of halogens is 4. The summed E-state index contributed by atoms with van der Waals surface area (Å²) in [6, 6.07) is 2.20. The van der Waals surface area contributed by atoms with Crippen LogP contribution in [0.15, 0.2) is 24.5 Å². The molecule has 27 heavy (non-hydrogen) atoms. The highest BCUT2D eigenvalue weighted by Crippen LogP contribution is 2.29. The average Bonchev–Trinajstić information content (AvgIpc) is 3.03. The standard InChI is InChI=1S/C17H22F3N5O.ClH/c1-11(2)15-13(16(26)24(4)8-7-21-3)10-23-25(15)14-6-5-12(9-22-14)17(18,19)20;/h5-6,9-11,21H,7-8H2,1-4H3;1H. The number of aromatic nitrogens is 3. The second-order valence-electron chi connectivity index (χ2n) is 6.24. The summed E-state index contributed by atoms with van der Waals surface area (Å²) in [6.07, 6.45) is -2.25. The minimum Gasteiger partial charge on any atom is -0.340 e. The highest BCUT2D eigenvalue weighted by atomic mass is 35.5. The van der Waals surface area contributed by atoms with Crippen molar-refractivity contribution in [3.8, 4) is 5.82 Å². The van der Waals surface area contributed by atoms with Crippen LogP contribution in [0.3, 0.4) is 0 Å². The molecule has 0 unspecified atom stereocenters. The molecule has 0 saturated heterocycles. The first kappa shape index (κ1) is 22.9. The molecule has 1 N–H and O–H groups in total. The lowest BCUT2D eigenvalue weighted by Gasteiger charge is -2.18. The average molecular weight is 406 g/mol. The number of amides is 1. The largest absolute Gasteiger partial charge is 0.417 e. The van der Waals surface area contributed by atoms with Crippen LogP contribution in [0.1, 0.15) is 41.4 Å². The van der Waals surface area contributed by atoms with Gasteiger partial charge in [0, 0.05) is 26.3 Å². The van der Waals surface area contributed by atoms with Gasteiger partial charge in [-0.15, -0.1) is 12.4 Å². The van der Waals surface area contributed by atoms with Crippen molar-refractivity contribution in [2.75, 3.05) is 27.2 Å². The van der Waals surface area contributed by atoms with Gasteiger partial charge < -0.3 is 10.2 Å². The fourth-order valence-electron chi connectivity index (χ4n) is 2.53. The molecule has 1 amide bonds. The summed E-state index contributed by atoms with van der Waals surface area (Å²) in [5, 5.41) is 7.17. The van der Waals surface area contributed by atoms with Gasteiger partial charge in [-0.05, 0) is 25.1 Å². The van der Waals surface area contributed by atoms with Gasteiger partial charge in [0.25, 0.3) is 5.91 Å². The zero-order valence-corrected chi connectivity index (χ0v) is 16.4. The van der Waals surface area contributed by atoms with Crippen molar-refractivity contribution < 1.29 is 18.0 Å². The van der Waals surface area contributed by atoms with Crippen molar-refractivity contribution in [2.45, 2.75) is 25.9 Å². The van der Waals surface area contributed by atoms with Crippen molar-refractivity contribution in [1.82, 2.24) is 25.0 Å². The summed E-state index contributed by atoms with van der Waals surface area (Å²) in [7, 11) is 3.49. The Kier molecular flexibility index (Phi) is 7.79. The molecule has 0 aromatic carbocycles. The molecule has 0 aliphatic carbocycles. The van der Waals surface area contributed by atoms with E-state index in [-0.39, 0.29) is 30.0 Å². The van der Waals surface area contributed by atoms with Gasteiger partial charge in [0.1, 0.15) is 0 Å². The first-order chi connectivity index (χ1) is 12.2. The highest BCUT2D eigenvalue weighted by Gasteiger charge is 2.31. The first-order valence-corrected chi connectivity index (χ1v) is 8.18. The predicted molar refractivity (Wildman–Crippen MR) is 98.6 cm³/mol. The maximum absolute atomic E-state index is 12.7. The molecule has 150 valence electrons. The maximum Gasteiger partial charge on any atom is 0.417 e. The third kappa shape index (κ3) is 5.20. The van der Waals surface area contributed by atoms with Crippen molar-refractivity contribution in [1.29, 1.82) is 0 Å². The zero-order valence-electron chi connectivity index (χ0n) is 15.5. The van der Waals surface area contributed by atoms with Gasteiger partial charge in [-0.3, -0.25) is 4.79 Å². The van der Waals surface area contributed by atoms with E-state index in [9.17, 15) is 18.0 Å². The fraction of sp³-hybridized carbons (Fsp3) is 0.471. The van der Waals surface area contributed by atoms with E-state index < -0.39 is 11.7 Å². The minimum absolute atomic E-state index is 0. The van der Waals surface area contributed by atoms with E-state index in [2.05, 4.69) is 15.4 Å². The third-order valence-corrected chi connectivity index (χ3v) is 3.92. The zero-order chi connectivity index (χ0) is 19.5. The normalized spacial score (nSPS) is 11.4. The predicted octanol–water partition coefficient (Wildman–Crippen LogP) is 3.12. The lowest BCUT2D eigenvalue weighted by atomic mass is 10.0. The fourth-order valence-corrected chi connectivity index (χ4v) is 2.53. The van der Waals surface area contributed by atoms with Crippen LogP contribution >= 0.6 is 12.4 Å². The lowest BCUT2D eigenvalue weighted by Crippen LogP contribution is -2.33. The van der Waals surface area contributed by atoms with Crippen LogP contribution in [-0.4, -0.2) is 52.8 Å². The third-order valence-electron chi connectivity index (χ3n) is 3.92. The molecule has 6 nitrogen and oxygen atoms in total. The molecule has 0 fully saturated rings. The van der Waals surface area contributed by atoms with E-state index in [1.54, 1.807) is 19.0 Å². The second-order valence-corrected chi connectivity index (χ2v) is 6.24. The van der Waals surface area contributed by atoms with E-state index in [4.69, 9.17) is 0 Å². The van der Waals surface area contributed by atoms with Crippen molar-refractivity contribution in [2.24, 2.45) is 0 Å². The molecular formula is C17H23ClF3N5O. The molecule has 2 aromatic heterocycles. The Morgan fingerprint density at radius 1 is 1.30 bits per heavy atom. The molecule has 0 aliphatic rings.